The maximum absolute atomic E-state index is 12.3. The van der Waals surface area contributed by atoms with Crippen LogP contribution in [0.5, 0.6) is 0 Å². The molecule has 0 aliphatic carbocycles. The molecule has 3 aromatic rings. The second-order valence-corrected chi connectivity index (χ2v) is 5.64. The Hall–Kier alpha value is -2.61. The number of para-hydroxylation sites is 1. The minimum Gasteiger partial charge on any atom is -0.295 e. The number of nitrogens with one attached hydrogen (secondary N) is 1. The Kier molecular flexibility index (Phi) is 3.92. The van der Waals surface area contributed by atoms with E-state index in [1.165, 1.54) is 11.3 Å². The highest BCUT2D eigenvalue weighted by Gasteiger charge is 2.18. The van der Waals surface area contributed by atoms with Crippen molar-refractivity contribution in [2.45, 2.75) is 20.3 Å². The van der Waals surface area contributed by atoms with Crippen molar-refractivity contribution in [3.63, 3.8) is 0 Å². The van der Waals surface area contributed by atoms with E-state index in [9.17, 15) is 4.79 Å². The molecular weight excluding hydrogens is 300 g/mol. The fraction of sp³-hybridized carbons (Fsp3) is 0.214. The summed E-state index contributed by atoms with van der Waals surface area (Å²) in [6.07, 6.45) is 0.788. The first-order valence-corrected chi connectivity index (χ1v) is 7.62. The van der Waals surface area contributed by atoms with Crippen LogP contribution in [0.2, 0.25) is 0 Å². The Morgan fingerprint density at radius 1 is 1.23 bits per heavy atom. The molecule has 0 atom stereocenters. The van der Waals surface area contributed by atoms with Crippen molar-refractivity contribution in [2.75, 3.05) is 5.32 Å². The average Bonchev–Trinajstić information content (AvgIpc) is 3.14. The summed E-state index contributed by atoms with van der Waals surface area (Å²) in [7, 11) is 0. The van der Waals surface area contributed by atoms with E-state index < -0.39 is 0 Å². The molecule has 1 aromatic carbocycles. The first kappa shape index (κ1) is 14.3. The Labute approximate surface area is 131 Å². The van der Waals surface area contributed by atoms with E-state index in [1.807, 2.05) is 37.3 Å². The van der Waals surface area contributed by atoms with Gasteiger partial charge in [-0.05, 0) is 25.5 Å². The van der Waals surface area contributed by atoms with Gasteiger partial charge in [0.2, 0.25) is 5.13 Å². The fourth-order valence-corrected chi connectivity index (χ4v) is 2.63. The lowest BCUT2D eigenvalue weighted by Crippen LogP contribution is -2.14. The van der Waals surface area contributed by atoms with Crippen LogP contribution < -0.4 is 5.32 Å². The molecule has 8 heteroatoms. The number of benzene rings is 1. The number of hydrogen-bond donors (Lipinski definition) is 1. The predicted octanol–water partition coefficient (Wildman–Crippen LogP) is 2.24. The normalized spacial score (nSPS) is 10.6. The lowest BCUT2D eigenvalue weighted by molar-refractivity contribution is 0.102. The molecule has 2 heterocycles. The van der Waals surface area contributed by atoms with Crippen LogP contribution in [-0.4, -0.2) is 31.1 Å². The number of amides is 1. The highest BCUT2D eigenvalue weighted by molar-refractivity contribution is 7.15. The molecule has 0 saturated heterocycles. The third-order valence-electron chi connectivity index (χ3n) is 3.10. The van der Waals surface area contributed by atoms with E-state index >= 15 is 0 Å². The van der Waals surface area contributed by atoms with Crippen LogP contribution in [0.3, 0.4) is 0 Å². The molecule has 1 amide bonds. The molecule has 0 aliphatic rings. The molecule has 1 N–H and O–H groups in total. The first-order valence-electron chi connectivity index (χ1n) is 6.80. The SMILES string of the molecule is CCc1nnc(NC(=O)c2nnn(-c3ccccc3)c2C)s1. The highest BCUT2D eigenvalue weighted by Crippen LogP contribution is 2.17. The van der Waals surface area contributed by atoms with Crippen LogP contribution in [0.1, 0.15) is 28.1 Å². The van der Waals surface area contributed by atoms with Crippen LogP contribution in [0.4, 0.5) is 5.13 Å². The summed E-state index contributed by atoms with van der Waals surface area (Å²) in [5.74, 6) is -0.335. The molecule has 7 nitrogen and oxygen atoms in total. The quantitative estimate of drug-likeness (QED) is 0.798. The van der Waals surface area contributed by atoms with Crippen LogP contribution in [-0.2, 0) is 6.42 Å². The second kappa shape index (κ2) is 6.02. The minimum absolute atomic E-state index is 0.275. The van der Waals surface area contributed by atoms with Gasteiger partial charge >= 0.3 is 0 Å². The highest BCUT2D eigenvalue weighted by atomic mass is 32.1. The van der Waals surface area contributed by atoms with Gasteiger partial charge in [0.15, 0.2) is 5.69 Å². The average molecular weight is 314 g/mol. The van der Waals surface area contributed by atoms with Gasteiger partial charge < -0.3 is 0 Å². The number of carbonyl (C=O) groups excluding carboxylic acids is 1. The molecular formula is C14H14N6OS. The fourth-order valence-electron chi connectivity index (χ4n) is 1.96. The van der Waals surface area contributed by atoms with Crippen LogP contribution in [0.25, 0.3) is 5.69 Å². The van der Waals surface area contributed by atoms with E-state index in [0.29, 0.717) is 10.8 Å². The van der Waals surface area contributed by atoms with Crippen molar-refractivity contribution in [3.05, 3.63) is 46.7 Å². The summed E-state index contributed by atoms with van der Waals surface area (Å²) in [5.41, 5.74) is 1.80. The molecule has 0 saturated carbocycles. The summed E-state index contributed by atoms with van der Waals surface area (Å²) in [5, 5.41) is 20.0. The molecule has 0 aliphatic heterocycles. The number of aryl methyl sites for hydroxylation is 1. The zero-order valence-electron chi connectivity index (χ0n) is 12.1. The summed E-state index contributed by atoms with van der Waals surface area (Å²) in [6.45, 7) is 3.79. The van der Waals surface area contributed by atoms with Crippen LogP contribution >= 0.6 is 11.3 Å². The Balaban J connectivity index is 1.83. The summed E-state index contributed by atoms with van der Waals surface area (Å²) in [6, 6.07) is 9.54. The number of anilines is 1. The lowest BCUT2D eigenvalue weighted by atomic mass is 10.3. The van der Waals surface area contributed by atoms with Gasteiger partial charge in [-0.3, -0.25) is 10.1 Å². The topological polar surface area (TPSA) is 85.6 Å². The Morgan fingerprint density at radius 2 is 2.00 bits per heavy atom. The number of hydrogen-bond acceptors (Lipinski definition) is 6. The third kappa shape index (κ3) is 2.73. The molecule has 22 heavy (non-hydrogen) atoms. The third-order valence-corrected chi connectivity index (χ3v) is 4.08. The summed E-state index contributed by atoms with van der Waals surface area (Å²) in [4.78, 5) is 12.3. The lowest BCUT2D eigenvalue weighted by Gasteiger charge is -2.03. The zero-order valence-corrected chi connectivity index (χ0v) is 13.0. The first-order chi connectivity index (χ1) is 10.7. The molecule has 0 fully saturated rings. The van der Waals surface area contributed by atoms with Gasteiger partial charge in [-0.25, -0.2) is 4.68 Å². The maximum atomic E-state index is 12.3. The van der Waals surface area contributed by atoms with Crippen molar-refractivity contribution in [1.82, 2.24) is 25.2 Å². The number of carbonyl (C=O) groups is 1. The van der Waals surface area contributed by atoms with Gasteiger partial charge in [0.05, 0.1) is 11.4 Å². The van der Waals surface area contributed by atoms with Gasteiger partial charge in [-0.15, -0.1) is 15.3 Å². The Morgan fingerprint density at radius 3 is 2.68 bits per heavy atom. The van der Waals surface area contributed by atoms with E-state index in [4.69, 9.17) is 0 Å². The van der Waals surface area contributed by atoms with Gasteiger partial charge in [0, 0.05) is 0 Å². The van der Waals surface area contributed by atoms with Crippen LogP contribution in [0, 0.1) is 6.92 Å². The molecule has 3 rings (SSSR count). The molecule has 2 aromatic heterocycles. The van der Waals surface area contributed by atoms with Crippen molar-refractivity contribution in [3.8, 4) is 5.69 Å². The minimum atomic E-state index is -0.335. The van der Waals surface area contributed by atoms with Gasteiger partial charge in [-0.1, -0.05) is 41.7 Å². The summed E-state index contributed by atoms with van der Waals surface area (Å²) < 4.78 is 1.63. The molecule has 0 radical (unpaired) electrons. The molecule has 112 valence electrons. The Bertz CT molecular complexity index is 795. The van der Waals surface area contributed by atoms with E-state index in [-0.39, 0.29) is 11.6 Å². The molecule has 0 spiro atoms. The number of aromatic nitrogens is 5. The smallest absolute Gasteiger partial charge is 0.279 e. The zero-order chi connectivity index (χ0) is 15.5. The second-order valence-electron chi connectivity index (χ2n) is 4.58. The van der Waals surface area contributed by atoms with Gasteiger partial charge in [0.1, 0.15) is 5.01 Å². The number of nitrogens with zero attached hydrogens (tertiary/aromatic N) is 5. The van der Waals surface area contributed by atoms with Gasteiger partial charge in [0.25, 0.3) is 5.91 Å². The van der Waals surface area contributed by atoms with Crippen molar-refractivity contribution in [2.24, 2.45) is 0 Å². The summed E-state index contributed by atoms with van der Waals surface area (Å²) >= 11 is 1.36. The molecule has 0 bridgehead atoms. The van der Waals surface area contributed by atoms with Gasteiger partial charge in [-0.2, -0.15) is 0 Å². The number of rotatable bonds is 4. The van der Waals surface area contributed by atoms with Crippen LogP contribution in [0.15, 0.2) is 30.3 Å². The molecule has 0 unspecified atom stereocenters. The van der Waals surface area contributed by atoms with Crippen molar-refractivity contribution >= 4 is 22.4 Å². The van der Waals surface area contributed by atoms with E-state index in [2.05, 4.69) is 25.8 Å². The van der Waals surface area contributed by atoms with Crippen molar-refractivity contribution < 1.29 is 4.79 Å². The standard InChI is InChI=1S/C14H14N6OS/c1-3-11-16-18-14(22-11)15-13(21)12-9(2)20(19-17-12)10-7-5-4-6-8-10/h4-8H,3H2,1-2H3,(H,15,18,21). The van der Waals surface area contributed by atoms with E-state index in [1.54, 1.807) is 11.6 Å². The predicted molar refractivity (Wildman–Crippen MR) is 83.3 cm³/mol. The monoisotopic (exact) mass is 314 g/mol. The maximum Gasteiger partial charge on any atom is 0.279 e. The van der Waals surface area contributed by atoms with Crippen molar-refractivity contribution in [1.29, 1.82) is 0 Å². The largest absolute Gasteiger partial charge is 0.295 e. The van der Waals surface area contributed by atoms with E-state index in [0.717, 1.165) is 17.1 Å².